The first-order chi connectivity index (χ1) is 15.6. The molecule has 0 spiro atoms. The van der Waals surface area contributed by atoms with E-state index in [0.717, 1.165) is 44.4 Å². The number of hydrogen-bond acceptors (Lipinski definition) is 5. The van der Waals surface area contributed by atoms with Gasteiger partial charge in [-0.15, -0.1) is 24.0 Å². The molecule has 3 rings (SSSR count). The molecule has 3 N–H and O–H groups in total. The Kier molecular flexibility index (Phi) is 12.6. The molecule has 1 saturated heterocycles. The van der Waals surface area contributed by atoms with Crippen LogP contribution in [0.4, 0.5) is 0 Å². The summed E-state index contributed by atoms with van der Waals surface area (Å²) in [6.45, 7) is 6.67. The summed E-state index contributed by atoms with van der Waals surface area (Å²) in [6.07, 6.45) is 8.57. The van der Waals surface area contributed by atoms with Gasteiger partial charge < -0.3 is 30.1 Å². The van der Waals surface area contributed by atoms with Crippen LogP contribution in [0.1, 0.15) is 63.5 Å². The molecule has 0 amide bonds. The highest BCUT2D eigenvalue weighted by Gasteiger charge is 2.23. The van der Waals surface area contributed by atoms with E-state index >= 15 is 0 Å². The van der Waals surface area contributed by atoms with E-state index in [2.05, 4.69) is 27.4 Å². The van der Waals surface area contributed by atoms with Crippen LogP contribution in [0.15, 0.2) is 23.2 Å². The number of benzene rings is 1. The Morgan fingerprint density at radius 2 is 1.85 bits per heavy atom. The number of rotatable bonds is 9. The van der Waals surface area contributed by atoms with Crippen LogP contribution in [0.3, 0.4) is 0 Å². The van der Waals surface area contributed by atoms with Crippen molar-refractivity contribution in [3.63, 3.8) is 0 Å². The monoisotopic (exact) mass is 574 g/mol. The number of aliphatic hydroxyl groups is 1. The van der Waals surface area contributed by atoms with Crippen molar-refractivity contribution < 1.29 is 14.6 Å². The molecular weight excluding hydrogens is 531 g/mol. The van der Waals surface area contributed by atoms with Crippen molar-refractivity contribution in [3.05, 3.63) is 23.8 Å². The molecule has 33 heavy (non-hydrogen) atoms. The maximum absolute atomic E-state index is 10.8. The lowest BCUT2D eigenvalue weighted by Crippen LogP contribution is -2.49. The van der Waals surface area contributed by atoms with E-state index in [0.29, 0.717) is 23.1 Å². The number of piperidine rings is 1. The Balaban J connectivity index is 0.00000385. The third-order valence-corrected chi connectivity index (χ3v) is 6.73. The minimum atomic E-state index is -0.771. The third kappa shape index (κ3) is 8.79. The van der Waals surface area contributed by atoms with E-state index < -0.39 is 6.10 Å². The van der Waals surface area contributed by atoms with E-state index in [9.17, 15) is 5.11 Å². The van der Waals surface area contributed by atoms with Crippen molar-refractivity contribution in [1.29, 1.82) is 0 Å². The van der Waals surface area contributed by atoms with E-state index in [1.165, 1.54) is 38.6 Å². The highest BCUT2D eigenvalue weighted by Crippen LogP contribution is 2.29. The number of aliphatic imine (C=N–C) groups is 1. The number of nitrogens with one attached hydrogen (secondary N) is 2. The molecule has 1 atom stereocenters. The van der Waals surface area contributed by atoms with Gasteiger partial charge in [-0.05, 0) is 56.7 Å². The van der Waals surface area contributed by atoms with Gasteiger partial charge in [0.15, 0.2) is 5.96 Å². The van der Waals surface area contributed by atoms with Gasteiger partial charge in [0.2, 0.25) is 0 Å². The zero-order valence-electron chi connectivity index (χ0n) is 20.5. The van der Waals surface area contributed by atoms with Crippen molar-refractivity contribution in [2.45, 2.75) is 64.0 Å². The van der Waals surface area contributed by atoms with Crippen molar-refractivity contribution >= 4 is 29.9 Å². The number of halogens is 1. The molecule has 2 aliphatic rings. The average molecular weight is 575 g/mol. The molecule has 8 heteroatoms. The number of aliphatic hydroxyl groups excluding tert-OH is 1. The van der Waals surface area contributed by atoms with Crippen molar-refractivity contribution in [3.8, 4) is 11.5 Å². The zero-order chi connectivity index (χ0) is 22.8. The second kappa shape index (κ2) is 14.9. The Bertz CT molecular complexity index is 720. The van der Waals surface area contributed by atoms with Crippen LogP contribution in [0, 0.1) is 5.92 Å². The van der Waals surface area contributed by atoms with E-state index in [4.69, 9.17) is 9.47 Å². The molecule has 1 aliphatic carbocycles. The number of methoxy groups -OCH3 is 2. The molecule has 0 aromatic heterocycles. The normalized spacial score (nSPS) is 19.5. The van der Waals surface area contributed by atoms with Crippen LogP contribution in [0.5, 0.6) is 11.5 Å². The number of hydrogen-bond donors (Lipinski definition) is 3. The van der Waals surface area contributed by atoms with Crippen LogP contribution < -0.4 is 20.1 Å². The van der Waals surface area contributed by atoms with Crippen LogP contribution in [-0.2, 0) is 0 Å². The molecule has 1 saturated carbocycles. The van der Waals surface area contributed by atoms with Crippen LogP contribution in [0.2, 0.25) is 0 Å². The van der Waals surface area contributed by atoms with E-state index in [1.807, 2.05) is 12.1 Å². The molecule has 0 radical (unpaired) electrons. The summed E-state index contributed by atoms with van der Waals surface area (Å²) in [7, 11) is 3.22. The standard InChI is InChI=1S/C25H42N4O3.HI/c1-4-26-25(27-17-23(30)22-16-21(31-2)10-11-24(22)32-3)28-20-12-14-29(15-13-20)18-19-8-6-5-7-9-19;/h10-11,16,19-20,23,30H,4-9,12-15,17-18H2,1-3H3,(H2,26,27,28);1H. The lowest BCUT2D eigenvalue weighted by Gasteiger charge is -2.36. The SMILES string of the molecule is CCNC(=NCC(O)c1cc(OC)ccc1OC)NC1CCN(CC2CCCCC2)CC1.I. The summed E-state index contributed by atoms with van der Waals surface area (Å²) in [5.74, 6) is 2.99. The van der Waals surface area contributed by atoms with E-state index in [1.54, 1.807) is 20.3 Å². The second-order valence-electron chi connectivity index (χ2n) is 9.07. The fraction of sp³-hybridized carbons (Fsp3) is 0.720. The van der Waals surface area contributed by atoms with Gasteiger partial charge in [-0.1, -0.05) is 19.3 Å². The fourth-order valence-corrected chi connectivity index (χ4v) is 4.88. The molecule has 2 fully saturated rings. The van der Waals surface area contributed by atoms with Gasteiger partial charge in [0, 0.05) is 37.8 Å². The maximum Gasteiger partial charge on any atom is 0.191 e. The predicted octanol–water partition coefficient (Wildman–Crippen LogP) is 3.96. The summed E-state index contributed by atoms with van der Waals surface area (Å²) in [5, 5.41) is 17.7. The highest BCUT2D eigenvalue weighted by atomic mass is 127. The molecule has 188 valence electrons. The van der Waals surface area contributed by atoms with Crippen LogP contribution in [0.25, 0.3) is 0 Å². The molecular formula is C25H43IN4O3. The van der Waals surface area contributed by atoms with Gasteiger partial charge >= 0.3 is 0 Å². The number of likely N-dealkylation sites (tertiary alicyclic amines) is 1. The minimum absolute atomic E-state index is 0. The summed E-state index contributed by atoms with van der Waals surface area (Å²) >= 11 is 0. The average Bonchev–Trinajstić information content (AvgIpc) is 2.84. The first-order valence-corrected chi connectivity index (χ1v) is 12.3. The Labute approximate surface area is 216 Å². The Morgan fingerprint density at radius 1 is 1.12 bits per heavy atom. The highest BCUT2D eigenvalue weighted by molar-refractivity contribution is 14.0. The minimum Gasteiger partial charge on any atom is -0.497 e. The van der Waals surface area contributed by atoms with Gasteiger partial charge in [-0.25, -0.2) is 0 Å². The van der Waals surface area contributed by atoms with Gasteiger partial charge in [-0.2, -0.15) is 0 Å². The molecule has 0 bridgehead atoms. The summed E-state index contributed by atoms with van der Waals surface area (Å²) in [5.41, 5.74) is 0.683. The summed E-state index contributed by atoms with van der Waals surface area (Å²) in [4.78, 5) is 7.31. The van der Waals surface area contributed by atoms with Gasteiger partial charge in [-0.3, -0.25) is 4.99 Å². The van der Waals surface area contributed by atoms with E-state index in [-0.39, 0.29) is 30.5 Å². The predicted molar refractivity (Wildman–Crippen MR) is 145 cm³/mol. The molecule has 1 unspecified atom stereocenters. The molecule has 1 heterocycles. The molecule has 1 aliphatic heterocycles. The second-order valence-corrected chi connectivity index (χ2v) is 9.07. The molecule has 1 aromatic carbocycles. The first kappa shape index (κ1) is 28.0. The zero-order valence-corrected chi connectivity index (χ0v) is 22.8. The summed E-state index contributed by atoms with van der Waals surface area (Å²) < 4.78 is 10.7. The number of nitrogens with zero attached hydrogens (tertiary/aromatic N) is 2. The topological polar surface area (TPSA) is 78.4 Å². The third-order valence-electron chi connectivity index (χ3n) is 6.73. The number of ether oxygens (including phenoxy) is 2. The van der Waals surface area contributed by atoms with Crippen LogP contribution in [-0.4, -0.2) is 69.0 Å². The fourth-order valence-electron chi connectivity index (χ4n) is 4.88. The van der Waals surface area contributed by atoms with Gasteiger partial charge in [0.1, 0.15) is 17.6 Å². The van der Waals surface area contributed by atoms with Crippen molar-refractivity contribution in [2.75, 3.05) is 46.9 Å². The largest absolute Gasteiger partial charge is 0.497 e. The van der Waals surface area contributed by atoms with Gasteiger partial charge in [0.25, 0.3) is 0 Å². The van der Waals surface area contributed by atoms with Crippen molar-refractivity contribution in [2.24, 2.45) is 10.9 Å². The van der Waals surface area contributed by atoms with Gasteiger partial charge in [0.05, 0.1) is 20.8 Å². The smallest absolute Gasteiger partial charge is 0.191 e. The first-order valence-electron chi connectivity index (χ1n) is 12.3. The quantitative estimate of drug-likeness (QED) is 0.236. The maximum atomic E-state index is 10.8. The lowest BCUT2D eigenvalue weighted by atomic mass is 9.88. The lowest BCUT2D eigenvalue weighted by molar-refractivity contribution is 0.160. The Morgan fingerprint density at radius 3 is 2.48 bits per heavy atom. The molecule has 7 nitrogen and oxygen atoms in total. The van der Waals surface area contributed by atoms with Crippen molar-refractivity contribution in [1.82, 2.24) is 15.5 Å². The number of guanidine groups is 1. The van der Waals surface area contributed by atoms with Crippen LogP contribution >= 0.6 is 24.0 Å². The Hall–Kier alpha value is -1.26. The summed E-state index contributed by atoms with van der Waals surface area (Å²) in [6, 6.07) is 5.86. The molecule has 1 aromatic rings.